The van der Waals surface area contributed by atoms with Gasteiger partial charge in [-0.1, -0.05) is 42.5 Å². The van der Waals surface area contributed by atoms with Crippen LogP contribution in [0.1, 0.15) is 18.1 Å². The van der Waals surface area contributed by atoms with Gasteiger partial charge in [-0.25, -0.2) is 0 Å². The van der Waals surface area contributed by atoms with Crippen molar-refractivity contribution in [1.29, 1.82) is 0 Å². The lowest BCUT2D eigenvalue weighted by Crippen LogP contribution is -2.37. The number of carbonyl (C=O) groups is 2. The first-order valence-electron chi connectivity index (χ1n) is 7.67. The fourth-order valence-electron chi connectivity index (χ4n) is 2.33. The molecule has 0 atom stereocenters. The zero-order valence-corrected chi connectivity index (χ0v) is 13.5. The van der Waals surface area contributed by atoms with Crippen molar-refractivity contribution in [3.8, 4) is 0 Å². The molecule has 120 valence electrons. The van der Waals surface area contributed by atoms with Crippen LogP contribution in [0.3, 0.4) is 0 Å². The van der Waals surface area contributed by atoms with Crippen molar-refractivity contribution in [3.05, 3.63) is 65.7 Å². The molecule has 0 spiro atoms. The Morgan fingerprint density at radius 3 is 2.30 bits per heavy atom. The molecule has 0 heterocycles. The van der Waals surface area contributed by atoms with Crippen molar-refractivity contribution in [1.82, 2.24) is 0 Å². The highest BCUT2D eigenvalue weighted by molar-refractivity contribution is 5.98. The quantitative estimate of drug-likeness (QED) is 0.770. The first kappa shape index (κ1) is 16.7. The minimum atomic E-state index is -0.408. The monoisotopic (exact) mass is 311 g/mol. The maximum atomic E-state index is 12.7. The van der Waals surface area contributed by atoms with Crippen LogP contribution in [0.15, 0.2) is 54.6 Å². The number of nitrogens with zero attached hydrogens (tertiary/aromatic N) is 1. The number of hydrogen-bond acceptors (Lipinski definition) is 3. The summed E-state index contributed by atoms with van der Waals surface area (Å²) in [5.41, 5.74) is 2.71. The average Bonchev–Trinajstić information content (AvgIpc) is 2.56. The molecule has 2 aromatic carbocycles. The number of anilines is 1. The Morgan fingerprint density at radius 2 is 1.65 bits per heavy atom. The molecule has 23 heavy (non-hydrogen) atoms. The first-order valence-corrected chi connectivity index (χ1v) is 7.67. The molecule has 0 bridgehead atoms. The number of benzene rings is 2. The minimum absolute atomic E-state index is 0.0808. The fraction of sp³-hybridized carbons (Fsp3) is 0.263. The third-order valence-electron chi connectivity index (χ3n) is 3.56. The van der Waals surface area contributed by atoms with Crippen LogP contribution < -0.4 is 4.90 Å². The summed E-state index contributed by atoms with van der Waals surface area (Å²) < 4.78 is 4.99. The summed E-state index contributed by atoms with van der Waals surface area (Å²) in [5, 5.41) is 0. The highest BCUT2D eigenvalue weighted by atomic mass is 16.5. The number of aryl methyl sites for hydroxylation is 1. The zero-order valence-electron chi connectivity index (χ0n) is 13.5. The maximum Gasteiger partial charge on any atom is 0.326 e. The predicted octanol–water partition coefficient (Wildman–Crippen LogP) is 3.13. The van der Waals surface area contributed by atoms with Crippen molar-refractivity contribution < 1.29 is 14.3 Å². The molecule has 0 fully saturated rings. The maximum absolute atomic E-state index is 12.7. The largest absolute Gasteiger partial charge is 0.465 e. The molecule has 0 aliphatic rings. The predicted molar refractivity (Wildman–Crippen MR) is 90.3 cm³/mol. The van der Waals surface area contributed by atoms with E-state index in [0.29, 0.717) is 12.3 Å². The van der Waals surface area contributed by atoms with Gasteiger partial charge in [-0.15, -0.1) is 0 Å². The molecule has 2 aromatic rings. The van der Waals surface area contributed by atoms with Gasteiger partial charge in [-0.3, -0.25) is 9.59 Å². The van der Waals surface area contributed by atoms with Crippen LogP contribution >= 0.6 is 0 Å². The number of ether oxygens (including phenoxy) is 1. The summed E-state index contributed by atoms with van der Waals surface area (Å²) in [5.74, 6) is -0.534. The lowest BCUT2D eigenvalue weighted by molar-refractivity contribution is -0.142. The van der Waals surface area contributed by atoms with Crippen LogP contribution in [0.25, 0.3) is 0 Å². The van der Waals surface area contributed by atoms with E-state index in [1.807, 2.05) is 61.5 Å². The van der Waals surface area contributed by atoms with Crippen molar-refractivity contribution in [3.63, 3.8) is 0 Å². The molecule has 0 aromatic heterocycles. The molecule has 0 unspecified atom stereocenters. The van der Waals surface area contributed by atoms with E-state index in [0.717, 1.165) is 11.1 Å². The summed E-state index contributed by atoms with van der Waals surface area (Å²) in [7, 11) is 0. The third-order valence-corrected chi connectivity index (χ3v) is 3.56. The van der Waals surface area contributed by atoms with Gasteiger partial charge < -0.3 is 9.64 Å². The molecule has 0 N–H and O–H groups in total. The Hall–Kier alpha value is -2.62. The van der Waals surface area contributed by atoms with Gasteiger partial charge in [0.15, 0.2) is 0 Å². The Morgan fingerprint density at radius 1 is 1.00 bits per heavy atom. The number of esters is 1. The van der Waals surface area contributed by atoms with Crippen LogP contribution in [0.2, 0.25) is 0 Å². The van der Waals surface area contributed by atoms with E-state index in [2.05, 4.69) is 0 Å². The van der Waals surface area contributed by atoms with Crippen LogP contribution in [-0.2, 0) is 20.7 Å². The highest BCUT2D eigenvalue weighted by Gasteiger charge is 2.20. The lowest BCUT2D eigenvalue weighted by atomic mass is 10.1. The van der Waals surface area contributed by atoms with E-state index in [1.54, 1.807) is 6.92 Å². The molecule has 0 aliphatic heterocycles. The number of amides is 1. The molecule has 1 amide bonds. The number of rotatable bonds is 6. The number of hydrogen-bond donors (Lipinski definition) is 0. The van der Waals surface area contributed by atoms with Gasteiger partial charge in [0.25, 0.3) is 0 Å². The van der Waals surface area contributed by atoms with E-state index in [9.17, 15) is 9.59 Å². The summed E-state index contributed by atoms with van der Waals surface area (Å²) >= 11 is 0. The van der Waals surface area contributed by atoms with Gasteiger partial charge in [-0.2, -0.15) is 0 Å². The average molecular weight is 311 g/mol. The van der Waals surface area contributed by atoms with Gasteiger partial charge in [-0.05, 0) is 37.1 Å². The Labute approximate surface area is 136 Å². The number of carbonyl (C=O) groups excluding carboxylic acids is 2. The molecule has 0 saturated heterocycles. The van der Waals surface area contributed by atoms with E-state index >= 15 is 0 Å². The second-order valence-corrected chi connectivity index (χ2v) is 5.22. The Kier molecular flexibility index (Phi) is 5.92. The zero-order chi connectivity index (χ0) is 16.7. The van der Waals surface area contributed by atoms with E-state index < -0.39 is 5.97 Å². The molecule has 4 nitrogen and oxygen atoms in total. The smallest absolute Gasteiger partial charge is 0.326 e. The second kappa shape index (κ2) is 8.13. The van der Waals surface area contributed by atoms with Gasteiger partial charge >= 0.3 is 5.97 Å². The lowest BCUT2D eigenvalue weighted by Gasteiger charge is -2.22. The fourth-order valence-corrected chi connectivity index (χ4v) is 2.33. The van der Waals surface area contributed by atoms with Gasteiger partial charge in [0.2, 0.25) is 5.91 Å². The van der Waals surface area contributed by atoms with Crippen LogP contribution in [0, 0.1) is 6.92 Å². The van der Waals surface area contributed by atoms with Gasteiger partial charge in [0.1, 0.15) is 6.54 Å². The SMILES string of the molecule is CCOC(=O)CN(C(=O)Cc1ccccc1C)c1ccccc1. The van der Waals surface area contributed by atoms with Crippen LogP contribution in [0.5, 0.6) is 0 Å². The van der Waals surface area contributed by atoms with Gasteiger partial charge in [0, 0.05) is 5.69 Å². The molecule has 0 saturated carbocycles. The molecule has 0 radical (unpaired) electrons. The van der Waals surface area contributed by atoms with Crippen molar-refractivity contribution in [2.75, 3.05) is 18.1 Å². The van der Waals surface area contributed by atoms with Gasteiger partial charge in [0.05, 0.1) is 13.0 Å². The Bertz CT molecular complexity index is 667. The van der Waals surface area contributed by atoms with E-state index in [4.69, 9.17) is 4.74 Å². The molecular weight excluding hydrogens is 290 g/mol. The Balaban J connectivity index is 2.21. The van der Waals surface area contributed by atoms with Crippen LogP contribution in [0.4, 0.5) is 5.69 Å². The first-order chi connectivity index (χ1) is 11.1. The number of para-hydroxylation sites is 1. The van der Waals surface area contributed by atoms with Crippen molar-refractivity contribution in [2.45, 2.75) is 20.3 Å². The van der Waals surface area contributed by atoms with Crippen molar-refractivity contribution >= 4 is 17.6 Å². The summed E-state index contributed by atoms with van der Waals surface area (Å²) in [6.45, 7) is 3.94. The second-order valence-electron chi connectivity index (χ2n) is 5.22. The topological polar surface area (TPSA) is 46.6 Å². The summed E-state index contributed by atoms with van der Waals surface area (Å²) in [6, 6.07) is 16.9. The molecule has 2 rings (SSSR count). The third kappa shape index (κ3) is 4.68. The summed E-state index contributed by atoms with van der Waals surface area (Å²) in [4.78, 5) is 26.0. The van der Waals surface area contributed by atoms with Crippen molar-refractivity contribution in [2.24, 2.45) is 0 Å². The standard InChI is InChI=1S/C19H21NO3/c1-3-23-19(22)14-20(17-11-5-4-6-12-17)18(21)13-16-10-8-7-9-15(16)2/h4-12H,3,13-14H2,1-2H3. The van der Waals surface area contributed by atoms with E-state index in [1.165, 1.54) is 4.90 Å². The molecule has 0 aliphatic carbocycles. The molecule has 4 heteroatoms. The molecular formula is C19H21NO3. The van der Waals surface area contributed by atoms with E-state index in [-0.39, 0.29) is 18.9 Å². The normalized spacial score (nSPS) is 10.2. The van der Waals surface area contributed by atoms with Crippen LogP contribution in [-0.4, -0.2) is 25.0 Å². The summed E-state index contributed by atoms with van der Waals surface area (Å²) in [6.07, 6.45) is 0.251. The highest BCUT2D eigenvalue weighted by Crippen LogP contribution is 2.16. The minimum Gasteiger partial charge on any atom is -0.465 e.